The molecular weight excluding hydrogens is 655 g/mol. The maximum atomic E-state index is 6.37. The molecule has 5 heteroatoms. The van der Waals surface area contributed by atoms with Crippen LogP contribution in [0, 0.1) is 16.4 Å². The van der Waals surface area contributed by atoms with Crippen molar-refractivity contribution in [2.24, 2.45) is 10.9 Å². The highest BCUT2D eigenvalue weighted by Gasteiger charge is 2.37. The smallest absolute Gasteiger partial charge is 0.175 e. The van der Waals surface area contributed by atoms with Crippen LogP contribution in [0.5, 0.6) is 11.5 Å². The summed E-state index contributed by atoms with van der Waals surface area (Å²) < 4.78 is 13.4. The van der Waals surface area contributed by atoms with Gasteiger partial charge in [-0.3, -0.25) is 4.99 Å². The number of halogens is 1. The van der Waals surface area contributed by atoms with E-state index in [1.54, 1.807) is 0 Å². The third-order valence-corrected chi connectivity index (χ3v) is 9.52. The van der Waals surface area contributed by atoms with Gasteiger partial charge in [-0.2, -0.15) is 0 Å². The largest absolute Gasteiger partial charge is 0.490 e. The number of aryl methyl sites for hydroxylation is 1. The molecule has 0 saturated heterocycles. The Labute approximate surface area is 273 Å². The second-order valence-electron chi connectivity index (χ2n) is 11.6. The van der Waals surface area contributed by atoms with Gasteiger partial charge < -0.3 is 14.8 Å². The summed E-state index contributed by atoms with van der Waals surface area (Å²) >= 11 is 2.33. The normalized spacial score (nSPS) is 18.7. The molecule has 220 valence electrons. The van der Waals surface area contributed by atoms with Crippen LogP contribution in [0.2, 0.25) is 0 Å². The Balaban J connectivity index is 1.08. The molecule has 0 bridgehead atoms. The molecule has 0 amide bonds. The Bertz CT molecular complexity index is 1870. The molecule has 3 atom stereocenters. The first-order valence-electron chi connectivity index (χ1n) is 15.3. The molecule has 0 unspecified atom stereocenters. The molecule has 1 aliphatic carbocycles. The third-order valence-electron chi connectivity index (χ3n) is 8.72. The van der Waals surface area contributed by atoms with Crippen LogP contribution >= 0.6 is 22.6 Å². The maximum Gasteiger partial charge on any atom is 0.175 e. The zero-order valence-corrected chi connectivity index (χ0v) is 27.1. The summed E-state index contributed by atoms with van der Waals surface area (Å²) in [7, 11) is 0. The molecule has 44 heavy (non-hydrogen) atoms. The number of aliphatic imine (C=N–C) groups is 1. The van der Waals surface area contributed by atoms with Crippen LogP contribution < -0.4 is 14.8 Å². The van der Waals surface area contributed by atoms with Gasteiger partial charge in [0.2, 0.25) is 0 Å². The monoisotopic (exact) mass is 690 g/mol. The minimum atomic E-state index is 0.278. The highest BCUT2D eigenvalue weighted by Crippen LogP contribution is 2.50. The Morgan fingerprint density at radius 1 is 0.932 bits per heavy atom. The fourth-order valence-corrected chi connectivity index (χ4v) is 7.38. The van der Waals surface area contributed by atoms with Crippen molar-refractivity contribution in [1.29, 1.82) is 0 Å². The van der Waals surface area contributed by atoms with Gasteiger partial charge in [-0.25, -0.2) is 0 Å². The van der Waals surface area contributed by atoms with Crippen molar-refractivity contribution in [2.45, 2.75) is 38.8 Å². The molecule has 5 aromatic rings. The van der Waals surface area contributed by atoms with Crippen LogP contribution in [0.3, 0.4) is 0 Å². The molecule has 7 rings (SSSR count). The fraction of sp³-hybridized carbons (Fsp3) is 0.205. The number of rotatable bonds is 8. The number of allylic oxidation sites excluding steroid dienone is 2. The summed E-state index contributed by atoms with van der Waals surface area (Å²) in [6.07, 6.45) is 7.74. The lowest BCUT2D eigenvalue weighted by molar-refractivity contribution is 0.268. The van der Waals surface area contributed by atoms with Crippen LogP contribution in [-0.2, 0) is 6.61 Å². The number of anilines is 1. The van der Waals surface area contributed by atoms with Crippen LogP contribution in [0.1, 0.15) is 53.1 Å². The quantitative estimate of drug-likeness (QED) is 0.100. The number of benzene rings is 5. The van der Waals surface area contributed by atoms with Crippen LogP contribution in [-0.4, -0.2) is 12.8 Å². The van der Waals surface area contributed by atoms with Gasteiger partial charge in [0, 0.05) is 17.8 Å². The molecule has 1 aliphatic heterocycles. The van der Waals surface area contributed by atoms with E-state index in [0.29, 0.717) is 25.0 Å². The molecule has 5 aromatic carbocycles. The third kappa shape index (κ3) is 5.73. The minimum Gasteiger partial charge on any atom is -0.490 e. The summed E-state index contributed by atoms with van der Waals surface area (Å²) in [5, 5.41) is 6.26. The summed E-state index contributed by atoms with van der Waals surface area (Å²) in [5.74, 6) is 2.49. The molecule has 1 heterocycles. The molecule has 0 saturated carbocycles. The Hall–Kier alpha value is -4.10. The summed E-state index contributed by atoms with van der Waals surface area (Å²) in [4.78, 5) is 4.82. The molecule has 2 aliphatic rings. The Morgan fingerprint density at radius 3 is 2.64 bits per heavy atom. The van der Waals surface area contributed by atoms with E-state index in [1.165, 1.54) is 33.2 Å². The highest BCUT2D eigenvalue weighted by molar-refractivity contribution is 14.1. The second-order valence-corrected chi connectivity index (χ2v) is 12.8. The summed E-state index contributed by atoms with van der Waals surface area (Å²) in [5.41, 5.74) is 8.34. The lowest BCUT2D eigenvalue weighted by atomic mass is 9.76. The second kappa shape index (κ2) is 12.5. The fourth-order valence-electron chi connectivity index (χ4n) is 6.59. The number of hydrogen-bond acceptors (Lipinski definition) is 4. The molecule has 1 N–H and O–H groups in total. The Morgan fingerprint density at radius 2 is 1.77 bits per heavy atom. The lowest BCUT2D eigenvalue weighted by Gasteiger charge is -2.37. The van der Waals surface area contributed by atoms with Gasteiger partial charge in [-0.1, -0.05) is 84.4 Å². The van der Waals surface area contributed by atoms with Gasteiger partial charge in [-0.15, -0.1) is 0 Å². The van der Waals surface area contributed by atoms with Crippen LogP contribution in [0.25, 0.3) is 10.8 Å². The van der Waals surface area contributed by atoms with E-state index >= 15 is 0 Å². The Kier molecular flexibility index (Phi) is 8.13. The summed E-state index contributed by atoms with van der Waals surface area (Å²) in [6.45, 7) is 5.19. The molecule has 0 aromatic heterocycles. The summed E-state index contributed by atoms with van der Waals surface area (Å²) in [6, 6.07) is 34.6. The molecule has 0 radical (unpaired) electrons. The number of ether oxygens (including phenoxy) is 2. The average molecular weight is 691 g/mol. The van der Waals surface area contributed by atoms with Gasteiger partial charge in [0.25, 0.3) is 0 Å². The lowest BCUT2D eigenvalue weighted by Crippen LogP contribution is -2.29. The molecule has 0 fully saturated rings. The standard InChI is InChI=1S/C39H35IN2O2/c1-3-43-37-22-26(21-35(40)39(37)44-24-29-10-6-9-27-8-4-5-11-31(27)29)23-41-30-17-15-28(16-18-30)38-33-13-7-12-32(33)34-20-25(2)14-19-36(34)42-38/h4-12,14-23,32-33,38,42H,3,13,24H2,1-2H3/t32-,33-,38+/m1/s1. The zero-order valence-electron chi connectivity index (χ0n) is 25.0. The number of hydrogen-bond donors (Lipinski definition) is 1. The van der Waals surface area contributed by atoms with Gasteiger partial charge in [0.1, 0.15) is 6.61 Å². The van der Waals surface area contributed by atoms with Crippen molar-refractivity contribution in [1.82, 2.24) is 0 Å². The van der Waals surface area contributed by atoms with E-state index in [0.717, 1.165) is 38.3 Å². The van der Waals surface area contributed by atoms with Crippen LogP contribution in [0.15, 0.2) is 114 Å². The number of nitrogens with one attached hydrogen (secondary N) is 1. The SMILES string of the molecule is CCOc1cc(C=Nc2ccc([C@@H]3Nc4ccc(C)cc4[C@@H]4C=CC[C@H]43)cc2)cc(I)c1OCc1cccc2ccccc12. The van der Waals surface area contributed by atoms with Crippen molar-refractivity contribution < 1.29 is 9.47 Å². The predicted molar refractivity (Wildman–Crippen MR) is 190 cm³/mol. The first-order chi connectivity index (χ1) is 21.6. The van der Waals surface area contributed by atoms with Gasteiger partial charge in [0.15, 0.2) is 11.5 Å². The van der Waals surface area contributed by atoms with Crippen molar-refractivity contribution >= 4 is 51.0 Å². The van der Waals surface area contributed by atoms with Crippen molar-refractivity contribution in [2.75, 3.05) is 11.9 Å². The van der Waals surface area contributed by atoms with E-state index in [1.807, 2.05) is 19.2 Å². The number of nitrogens with zero attached hydrogens (tertiary/aromatic N) is 1. The molecule has 0 spiro atoms. The predicted octanol–water partition coefficient (Wildman–Crippen LogP) is 10.3. The van der Waals surface area contributed by atoms with Crippen molar-refractivity contribution in [3.05, 3.63) is 141 Å². The number of fused-ring (bicyclic) bond motifs is 4. The zero-order chi connectivity index (χ0) is 30.0. The van der Waals surface area contributed by atoms with Gasteiger partial charge in [-0.05, 0) is 112 Å². The van der Waals surface area contributed by atoms with Gasteiger partial charge >= 0.3 is 0 Å². The maximum absolute atomic E-state index is 6.37. The van der Waals surface area contributed by atoms with Crippen LogP contribution in [0.4, 0.5) is 11.4 Å². The van der Waals surface area contributed by atoms with Crippen molar-refractivity contribution in [3.63, 3.8) is 0 Å². The highest BCUT2D eigenvalue weighted by atomic mass is 127. The van der Waals surface area contributed by atoms with E-state index in [2.05, 4.69) is 138 Å². The molecular formula is C39H35IN2O2. The van der Waals surface area contributed by atoms with Gasteiger partial charge in [0.05, 0.1) is 21.9 Å². The minimum absolute atomic E-state index is 0.278. The van der Waals surface area contributed by atoms with Crippen molar-refractivity contribution in [3.8, 4) is 11.5 Å². The van der Waals surface area contributed by atoms with E-state index in [4.69, 9.17) is 14.5 Å². The first kappa shape index (κ1) is 28.7. The van der Waals surface area contributed by atoms with E-state index in [-0.39, 0.29) is 6.04 Å². The average Bonchev–Trinajstić information content (AvgIpc) is 3.54. The molecule has 4 nitrogen and oxygen atoms in total. The first-order valence-corrected chi connectivity index (χ1v) is 16.4. The van der Waals surface area contributed by atoms with E-state index in [9.17, 15) is 0 Å². The topological polar surface area (TPSA) is 42.8 Å². The van der Waals surface area contributed by atoms with E-state index < -0.39 is 0 Å².